The topological polar surface area (TPSA) is 57.8 Å². The third-order valence-corrected chi connectivity index (χ3v) is 4.48. The van der Waals surface area contributed by atoms with Crippen LogP contribution in [-0.4, -0.2) is 27.9 Å². The van der Waals surface area contributed by atoms with Crippen molar-refractivity contribution < 1.29 is 4.79 Å². The molecule has 0 unspecified atom stereocenters. The predicted octanol–water partition coefficient (Wildman–Crippen LogP) is 3.90. The van der Waals surface area contributed by atoms with E-state index in [4.69, 9.17) is 0 Å². The molecule has 1 amide bonds. The maximum Gasteiger partial charge on any atom is 0.236 e. The number of thiazole rings is 1. The second-order valence-corrected chi connectivity index (χ2v) is 6.41. The van der Waals surface area contributed by atoms with Crippen molar-refractivity contribution in [3.05, 3.63) is 35.3 Å². The molecule has 21 heavy (non-hydrogen) atoms. The Morgan fingerprint density at radius 3 is 3.05 bits per heavy atom. The van der Waals surface area contributed by atoms with E-state index >= 15 is 0 Å². The van der Waals surface area contributed by atoms with Crippen molar-refractivity contribution in [3.63, 3.8) is 0 Å². The summed E-state index contributed by atoms with van der Waals surface area (Å²) in [5.41, 5.74) is 4.19. The first kappa shape index (κ1) is 14.2. The molecule has 2 heterocycles. The third-order valence-electron chi connectivity index (χ3n) is 3.18. The number of thioether (sulfide) groups is 1. The number of H-pyrrole nitrogens is 1. The second kappa shape index (κ2) is 5.91. The maximum atomic E-state index is 11.6. The molecule has 0 saturated heterocycles. The molecule has 0 aliphatic heterocycles. The van der Waals surface area contributed by atoms with Crippen LogP contribution in [-0.2, 0) is 4.79 Å². The van der Waals surface area contributed by atoms with Crippen LogP contribution in [0.5, 0.6) is 0 Å². The summed E-state index contributed by atoms with van der Waals surface area (Å²) in [5, 5.41) is 6.62. The molecule has 3 aromatic rings. The Morgan fingerprint density at radius 1 is 1.43 bits per heavy atom. The molecule has 0 radical (unpaired) electrons. The first-order chi connectivity index (χ1) is 10.2. The Labute approximate surface area is 131 Å². The lowest BCUT2D eigenvalue weighted by Gasteiger charge is -1.99. The fraction of sp³-hybridized carbons (Fsp3) is 0.200. The molecule has 0 fully saturated rings. The molecule has 4 nitrogen and oxygen atoms in total. The van der Waals surface area contributed by atoms with E-state index in [0.717, 1.165) is 27.9 Å². The van der Waals surface area contributed by atoms with Gasteiger partial charge in [0.2, 0.25) is 5.91 Å². The summed E-state index contributed by atoms with van der Waals surface area (Å²) in [7, 11) is 0. The summed E-state index contributed by atoms with van der Waals surface area (Å²) in [5.74, 6) is 0.431. The molecule has 0 atom stereocenters. The van der Waals surface area contributed by atoms with Gasteiger partial charge in [0.15, 0.2) is 5.13 Å². The third kappa shape index (κ3) is 2.82. The lowest BCUT2D eigenvalue weighted by molar-refractivity contribution is -0.113. The number of aryl methyl sites for hydroxylation is 1. The standard InChI is InChI=1S/C15H15N3OS2/c1-9-14(10-5-3-4-6-11(10)16-9)12-7-21-15(17-12)18-13(19)8-20-2/h3-7,16H,8H2,1-2H3,(H,17,18,19). The van der Waals surface area contributed by atoms with E-state index < -0.39 is 0 Å². The van der Waals surface area contributed by atoms with Crippen molar-refractivity contribution in [1.82, 2.24) is 9.97 Å². The van der Waals surface area contributed by atoms with E-state index in [2.05, 4.69) is 27.4 Å². The van der Waals surface area contributed by atoms with Crippen molar-refractivity contribution in [2.45, 2.75) is 6.92 Å². The molecular weight excluding hydrogens is 302 g/mol. The van der Waals surface area contributed by atoms with Gasteiger partial charge < -0.3 is 10.3 Å². The molecule has 0 bridgehead atoms. The predicted molar refractivity (Wildman–Crippen MR) is 91.2 cm³/mol. The van der Waals surface area contributed by atoms with E-state index in [-0.39, 0.29) is 5.91 Å². The highest BCUT2D eigenvalue weighted by atomic mass is 32.2. The van der Waals surface area contributed by atoms with Gasteiger partial charge in [-0.05, 0) is 19.2 Å². The van der Waals surface area contributed by atoms with E-state index in [1.54, 1.807) is 0 Å². The average molecular weight is 317 g/mol. The number of nitrogens with zero attached hydrogens (tertiary/aromatic N) is 1. The highest BCUT2D eigenvalue weighted by Crippen LogP contribution is 2.33. The van der Waals surface area contributed by atoms with Gasteiger partial charge in [-0.1, -0.05) is 18.2 Å². The fourth-order valence-corrected chi connectivity index (χ4v) is 3.39. The number of carbonyl (C=O) groups excluding carboxylic acids is 1. The van der Waals surface area contributed by atoms with Crippen LogP contribution in [0.25, 0.3) is 22.2 Å². The van der Waals surface area contributed by atoms with Crippen LogP contribution >= 0.6 is 23.1 Å². The van der Waals surface area contributed by atoms with E-state index in [9.17, 15) is 4.79 Å². The molecule has 3 rings (SSSR count). The lowest BCUT2D eigenvalue weighted by atomic mass is 10.1. The number of hydrogen-bond donors (Lipinski definition) is 2. The van der Waals surface area contributed by atoms with Gasteiger partial charge in [0.1, 0.15) is 0 Å². The van der Waals surface area contributed by atoms with E-state index in [0.29, 0.717) is 10.9 Å². The maximum absolute atomic E-state index is 11.6. The molecule has 0 spiro atoms. The Morgan fingerprint density at radius 2 is 2.24 bits per heavy atom. The number of nitrogens with one attached hydrogen (secondary N) is 2. The number of anilines is 1. The largest absolute Gasteiger partial charge is 0.358 e. The number of hydrogen-bond acceptors (Lipinski definition) is 4. The molecule has 2 aromatic heterocycles. The van der Waals surface area contributed by atoms with Gasteiger partial charge in [0.25, 0.3) is 0 Å². The monoisotopic (exact) mass is 317 g/mol. The molecule has 1 aromatic carbocycles. The number of carbonyl (C=O) groups is 1. The number of aromatic amines is 1. The summed E-state index contributed by atoms with van der Waals surface area (Å²) in [6, 6.07) is 8.17. The van der Waals surface area contributed by atoms with Crippen molar-refractivity contribution in [3.8, 4) is 11.3 Å². The molecule has 0 aliphatic rings. The zero-order valence-electron chi connectivity index (χ0n) is 11.8. The Bertz CT molecular complexity index is 791. The van der Waals surface area contributed by atoms with Gasteiger partial charge in [-0.2, -0.15) is 11.8 Å². The first-order valence-electron chi connectivity index (χ1n) is 6.51. The SMILES string of the molecule is CSCC(=O)Nc1nc(-c2c(C)[nH]c3ccccc23)cs1. The van der Waals surface area contributed by atoms with E-state index in [1.165, 1.54) is 23.1 Å². The lowest BCUT2D eigenvalue weighted by Crippen LogP contribution is -2.13. The molecule has 0 aliphatic carbocycles. The molecule has 108 valence electrons. The van der Waals surface area contributed by atoms with Crippen LogP contribution in [0.4, 0.5) is 5.13 Å². The van der Waals surface area contributed by atoms with Gasteiger partial charge in [-0.3, -0.25) is 4.79 Å². The number of benzene rings is 1. The summed E-state index contributed by atoms with van der Waals surface area (Å²) >= 11 is 2.95. The zero-order valence-corrected chi connectivity index (χ0v) is 13.4. The second-order valence-electron chi connectivity index (χ2n) is 4.69. The number of rotatable bonds is 4. The Kier molecular flexibility index (Phi) is 3.98. The molecule has 2 N–H and O–H groups in total. The highest BCUT2D eigenvalue weighted by molar-refractivity contribution is 7.99. The van der Waals surface area contributed by atoms with Crippen LogP contribution in [0.1, 0.15) is 5.69 Å². The van der Waals surface area contributed by atoms with Gasteiger partial charge in [-0.25, -0.2) is 4.98 Å². The quantitative estimate of drug-likeness (QED) is 0.767. The van der Waals surface area contributed by atoms with Crippen LogP contribution in [0.3, 0.4) is 0 Å². The minimum Gasteiger partial charge on any atom is -0.358 e. The Balaban J connectivity index is 1.95. The molecular formula is C15H15N3OS2. The highest BCUT2D eigenvalue weighted by Gasteiger charge is 2.14. The number of para-hydroxylation sites is 1. The first-order valence-corrected chi connectivity index (χ1v) is 8.78. The summed E-state index contributed by atoms with van der Waals surface area (Å²) in [6.45, 7) is 2.04. The smallest absolute Gasteiger partial charge is 0.236 e. The fourth-order valence-electron chi connectivity index (χ4n) is 2.34. The minimum absolute atomic E-state index is 0.0148. The summed E-state index contributed by atoms with van der Waals surface area (Å²) in [6.07, 6.45) is 1.90. The molecule has 0 saturated carbocycles. The van der Waals surface area contributed by atoms with E-state index in [1.807, 2.05) is 30.7 Å². The van der Waals surface area contributed by atoms with Gasteiger partial charge in [0, 0.05) is 27.5 Å². The van der Waals surface area contributed by atoms with Crippen molar-refractivity contribution in [2.75, 3.05) is 17.3 Å². The number of amides is 1. The molecule has 6 heteroatoms. The van der Waals surface area contributed by atoms with Crippen LogP contribution < -0.4 is 5.32 Å². The van der Waals surface area contributed by atoms with Gasteiger partial charge >= 0.3 is 0 Å². The van der Waals surface area contributed by atoms with Crippen LogP contribution in [0, 0.1) is 6.92 Å². The average Bonchev–Trinajstić information content (AvgIpc) is 3.01. The van der Waals surface area contributed by atoms with Crippen molar-refractivity contribution >= 4 is 45.0 Å². The Hall–Kier alpha value is -1.79. The number of aromatic nitrogens is 2. The normalized spacial score (nSPS) is 11.0. The van der Waals surface area contributed by atoms with Crippen LogP contribution in [0.2, 0.25) is 0 Å². The zero-order chi connectivity index (χ0) is 14.8. The minimum atomic E-state index is -0.0148. The van der Waals surface area contributed by atoms with Crippen molar-refractivity contribution in [2.24, 2.45) is 0 Å². The number of fused-ring (bicyclic) bond motifs is 1. The van der Waals surface area contributed by atoms with Gasteiger partial charge in [-0.15, -0.1) is 11.3 Å². The summed E-state index contributed by atoms with van der Waals surface area (Å²) < 4.78 is 0. The summed E-state index contributed by atoms with van der Waals surface area (Å²) in [4.78, 5) is 19.5. The van der Waals surface area contributed by atoms with Crippen LogP contribution in [0.15, 0.2) is 29.6 Å². The van der Waals surface area contributed by atoms with Gasteiger partial charge in [0.05, 0.1) is 11.4 Å². The van der Waals surface area contributed by atoms with Crippen molar-refractivity contribution in [1.29, 1.82) is 0 Å².